The Labute approximate surface area is 150 Å². The van der Waals surface area contributed by atoms with E-state index in [-0.39, 0.29) is 12.5 Å². The lowest BCUT2D eigenvalue weighted by Gasteiger charge is -2.09. The number of carbonyl (C=O) groups is 1. The minimum absolute atomic E-state index is 0.145. The average molecular weight is 346 g/mol. The summed E-state index contributed by atoms with van der Waals surface area (Å²) in [4.78, 5) is 19.0. The van der Waals surface area contributed by atoms with Crippen molar-refractivity contribution in [3.63, 3.8) is 0 Å². The molecular weight excluding hydrogens is 328 g/mol. The van der Waals surface area contributed by atoms with Crippen LogP contribution in [-0.2, 0) is 17.9 Å². The molecule has 0 aliphatic heterocycles. The van der Waals surface area contributed by atoms with Gasteiger partial charge in [-0.2, -0.15) is 0 Å². The van der Waals surface area contributed by atoms with E-state index < -0.39 is 0 Å². The molecular formula is C20H18N4O2. The fraction of sp³-hybridized carbons (Fsp3) is 0.100. The van der Waals surface area contributed by atoms with Crippen molar-refractivity contribution in [3.8, 4) is 5.75 Å². The predicted octanol–water partition coefficient (Wildman–Crippen LogP) is 3.58. The first-order valence-corrected chi connectivity index (χ1v) is 8.33. The van der Waals surface area contributed by atoms with Gasteiger partial charge in [-0.3, -0.25) is 10.1 Å². The van der Waals surface area contributed by atoms with E-state index in [0.717, 1.165) is 22.2 Å². The van der Waals surface area contributed by atoms with Gasteiger partial charge in [-0.1, -0.05) is 30.3 Å². The minimum atomic E-state index is -0.145. The number of aromatic amines is 1. The van der Waals surface area contributed by atoms with Gasteiger partial charge in [-0.05, 0) is 29.1 Å². The molecule has 0 saturated heterocycles. The summed E-state index contributed by atoms with van der Waals surface area (Å²) in [6, 6.07) is 17.9. The van der Waals surface area contributed by atoms with Gasteiger partial charge in [0.05, 0.1) is 5.52 Å². The second kappa shape index (κ2) is 7.14. The largest absolute Gasteiger partial charge is 0.489 e. The van der Waals surface area contributed by atoms with Crippen molar-refractivity contribution < 1.29 is 9.53 Å². The maximum atomic E-state index is 12.2. The molecule has 2 aromatic carbocycles. The summed E-state index contributed by atoms with van der Waals surface area (Å²) < 4.78 is 7.78. The first kappa shape index (κ1) is 16.0. The lowest BCUT2D eigenvalue weighted by Crippen LogP contribution is -2.18. The Morgan fingerprint density at radius 2 is 2.04 bits per heavy atom. The molecule has 4 rings (SSSR count). The van der Waals surface area contributed by atoms with E-state index in [1.807, 2.05) is 65.4 Å². The van der Waals surface area contributed by atoms with Gasteiger partial charge in [0.25, 0.3) is 0 Å². The molecule has 0 aliphatic carbocycles. The van der Waals surface area contributed by atoms with Gasteiger partial charge in [0.1, 0.15) is 18.9 Å². The monoisotopic (exact) mass is 346 g/mol. The van der Waals surface area contributed by atoms with Crippen LogP contribution in [0.4, 0.5) is 5.95 Å². The van der Waals surface area contributed by atoms with Gasteiger partial charge in [-0.25, -0.2) is 4.98 Å². The number of fused-ring (bicyclic) bond motifs is 1. The molecule has 0 saturated carbocycles. The third-order valence-corrected chi connectivity index (χ3v) is 4.06. The van der Waals surface area contributed by atoms with Gasteiger partial charge in [0.2, 0.25) is 11.9 Å². The number of ether oxygens (including phenoxy) is 1. The molecule has 26 heavy (non-hydrogen) atoms. The Morgan fingerprint density at radius 1 is 1.15 bits per heavy atom. The number of H-pyrrole nitrogens is 1. The summed E-state index contributed by atoms with van der Waals surface area (Å²) in [6.07, 6.45) is 5.15. The van der Waals surface area contributed by atoms with E-state index in [0.29, 0.717) is 12.6 Å². The summed E-state index contributed by atoms with van der Waals surface area (Å²) in [5.74, 6) is 1.07. The molecule has 2 N–H and O–H groups in total. The van der Waals surface area contributed by atoms with Crippen LogP contribution in [0.25, 0.3) is 10.9 Å². The maximum Gasteiger partial charge on any atom is 0.246 e. The first-order chi connectivity index (χ1) is 12.8. The number of nitrogens with zero attached hydrogens (tertiary/aromatic N) is 2. The van der Waals surface area contributed by atoms with Crippen molar-refractivity contribution in [2.75, 3.05) is 5.32 Å². The minimum Gasteiger partial charge on any atom is -0.489 e. The molecule has 0 spiro atoms. The highest BCUT2D eigenvalue weighted by Gasteiger charge is 2.09. The molecule has 0 bridgehead atoms. The van der Waals surface area contributed by atoms with Gasteiger partial charge >= 0.3 is 0 Å². The molecule has 4 aromatic rings. The molecule has 0 radical (unpaired) electrons. The first-order valence-electron chi connectivity index (χ1n) is 8.33. The summed E-state index contributed by atoms with van der Waals surface area (Å²) in [6.45, 7) is 0.707. The lowest BCUT2D eigenvalue weighted by molar-refractivity contribution is -0.116. The number of anilines is 1. The third-order valence-electron chi connectivity index (χ3n) is 4.06. The Morgan fingerprint density at radius 3 is 2.85 bits per heavy atom. The fourth-order valence-corrected chi connectivity index (χ4v) is 2.79. The summed E-state index contributed by atoms with van der Waals surface area (Å²) >= 11 is 0. The third kappa shape index (κ3) is 3.59. The number of hydrogen-bond acceptors (Lipinski definition) is 3. The standard InChI is InChI=1S/C20H18N4O2/c25-19(23-20-21-9-10-22-20)13-24-11-8-16-6-7-17(12-18(16)24)26-14-15-4-2-1-3-5-15/h1-12H,13-14H2,(H2,21,22,23,25). The second-order valence-electron chi connectivity index (χ2n) is 5.92. The van der Waals surface area contributed by atoms with Crippen LogP contribution in [-0.4, -0.2) is 20.4 Å². The van der Waals surface area contributed by atoms with Crippen molar-refractivity contribution in [1.29, 1.82) is 0 Å². The number of imidazole rings is 1. The molecule has 2 aromatic heterocycles. The summed E-state index contributed by atoms with van der Waals surface area (Å²) in [7, 11) is 0. The Balaban J connectivity index is 1.48. The van der Waals surface area contributed by atoms with Gasteiger partial charge in [0, 0.05) is 24.7 Å². The van der Waals surface area contributed by atoms with Crippen molar-refractivity contribution >= 4 is 22.8 Å². The van der Waals surface area contributed by atoms with Crippen LogP contribution in [0.3, 0.4) is 0 Å². The summed E-state index contributed by atoms with van der Waals surface area (Å²) in [5, 5.41) is 3.79. The number of benzene rings is 2. The van der Waals surface area contributed by atoms with E-state index in [1.54, 1.807) is 12.4 Å². The number of rotatable bonds is 6. The quantitative estimate of drug-likeness (QED) is 0.560. The Hall–Kier alpha value is -3.54. The van der Waals surface area contributed by atoms with E-state index >= 15 is 0 Å². The van der Waals surface area contributed by atoms with Crippen molar-refractivity contribution in [3.05, 3.63) is 78.8 Å². The van der Waals surface area contributed by atoms with Gasteiger partial charge in [-0.15, -0.1) is 0 Å². The normalized spacial score (nSPS) is 10.8. The van der Waals surface area contributed by atoms with Crippen molar-refractivity contribution in [2.24, 2.45) is 0 Å². The SMILES string of the molecule is O=C(Cn1ccc2ccc(OCc3ccccc3)cc21)Nc1ncc[nH]1. The molecule has 0 aliphatic rings. The van der Waals surface area contributed by atoms with Crippen molar-refractivity contribution in [1.82, 2.24) is 14.5 Å². The molecule has 0 unspecified atom stereocenters. The highest BCUT2D eigenvalue weighted by atomic mass is 16.5. The molecule has 0 fully saturated rings. The van der Waals surface area contributed by atoms with Crippen LogP contribution in [0.15, 0.2) is 73.2 Å². The van der Waals surface area contributed by atoms with Gasteiger partial charge in [0.15, 0.2) is 0 Å². The van der Waals surface area contributed by atoms with Crippen LogP contribution >= 0.6 is 0 Å². The topological polar surface area (TPSA) is 71.9 Å². The van der Waals surface area contributed by atoms with Crippen molar-refractivity contribution in [2.45, 2.75) is 13.2 Å². The highest BCUT2D eigenvalue weighted by molar-refractivity contribution is 5.90. The van der Waals surface area contributed by atoms with E-state index in [4.69, 9.17) is 4.74 Å². The van der Waals surface area contributed by atoms with Crippen LogP contribution in [0.1, 0.15) is 5.56 Å². The Kier molecular flexibility index (Phi) is 4.38. The lowest BCUT2D eigenvalue weighted by atomic mass is 10.2. The molecule has 1 amide bonds. The zero-order valence-electron chi connectivity index (χ0n) is 14.1. The van der Waals surface area contributed by atoms with Crippen LogP contribution in [0, 0.1) is 0 Å². The van der Waals surface area contributed by atoms with Crippen LogP contribution < -0.4 is 10.1 Å². The van der Waals surface area contributed by atoms with Gasteiger partial charge < -0.3 is 14.3 Å². The highest BCUT2D eigenvalue weighted by Crippen LogP contribution is 2.23. The predicted molar refractivity (Wildman–Crippen MR) is 99.9 cm³/mol. The summed E-state index contributed by atoms with van der Waals surface area (Å²) in [5.41, 5.74) is 2.06. The second-order valence-corrected chi connectivity index (χ2v) is 5.92. The number of amides is 1. The maximum absolute atomic E-state index is 12.2. The number of aromatic nitrogens is 3. The Bertz CT molecular complexity index is 1010. The van der Waals surface area contributed by atoms with Crippen LogP contribution in [0.5, 0.6) is 5.75 Å². The number of hydrogen-bond donors (Lipinski definition) is 2. The molecule has 130 valence electrons. The molecule has 0 atom stereocenters. The molecule has 6 nitrogen and oxygen atoms in total. The van der Waals surface area contributed by atoms with Crippen LogP contribution in [0.2, 0.25) is 0 Å². The number of nitrogens with one attached hydrogen (secondary N) is 2. The van der Waals surface area contributed by atoms with E-state index in [9.17, 15) is 4.79 Å². The zero-order valence-corrected chi connectivity index (χ0v) is 14.1. The molecule has 2 heterocycles. The zero-order chi connectivity index (χ0) is 17.8. The smallest absolute Gasteiger partial charge is 0.246 e. The fourth-order valence-electron chi connectivity index (χ4n) is 2.79. The molecule has 6 heteroatoms. The van der Waals surface area contributed by atoms with E-state index in [2.05, 4.69) is 15.3 Å². The number of carbonyl (C=O) groups excluding carboxylic acids is 1. The van der Waals surface area contributed by atoms with E-state index in [1.165, 1.54) is 0 Å². The average Bonchev–Trinajstić information content (AvgIpc) is 3.31.